The molecule has 1 fully saturated rings. The number of anilines is 1. The summed E-state index contributed by atoms with van der Waals surface area (Å²) in [6.45, 7) is 7.44. The van der Waals surface area contributed by atoms with Crippen molar-refractivity contribution >= 4 is 17.6 Å². The van der Waals surface area contributed by atoms with Crippen LogP contribution in [0.2, 0.25) is 0 Å². The number of carbonyl (C=O) groups excluding carboxylic acids is 2. The second kappa shape index (κ2) is 7.94. The van der Waals surface area contributed by atoms with E-state index in [1.165, 1.54) is 0 Å². The molecule has 0 aliphatic carbocycles. The monoisotopic (exact) mass is 345 g/mol. The SMILES string of the molecule is C#CCOC(C)C(=O)N1CCN(c2nnc(C)c(C)c2C(N)=O)CC1. The van der Waals surface area contributed by atoms with Crippen molar-refractivity contribution in [3.05, 3.63) is 16.8 Å². The highest BCUT2D eigenvalue weighted by molar-refractivity contribution is 5.99. The summed E-state index contributed by atoms with van der Waals surface area (Å²) in [7, 11) is 0. The molecule has 25 heavy (non-hydrogen) atoms. The molecule has 2 amide bonds. The lowest BCUT2D eigenvalue weighted by atomic mass is 10.1. The lowest BCUT2D eigenvalue weighted by molar-refractivity contribution is -0.142. The molecule has 2 heterocycles. The fourth-order valence-corrected chi connectivity index (χ4v) is 2.75. The van der Waals surface area contributed by atoms with Crippen LogP contribution in [-0.2, 0) is 9.53 Å². The van der Waals surface area contributed by atoms with Crippen LogP contribution in [0, 0.1) is 26.2 Å². The van der Waals surface area contributed by atoms with Gasteiger partial charge in [0.15, 0.2) is 5.82 Å². The van der Waals surface area contributed by atoms with Gasteiger partial charge in [-0.15, -0.1) is 11.5 Å². The van der Waals surface area contributed by atoms with Crippen LogP contribution in [-0.4, -0.2) is 65.8 Å². The van der Waals surface area contributed by atoms with Gasteiger partial charge in [0.2, 0.25) is 0 Å². The van der Waals surface area contributed by atoms with Crippen molar-refractivity contribution in [2.24, 2.45) is 5.73 Å². The van der Waals surface area contributed by atoms with Crippen molar-refractivity contribution in [1.29, 1.82) is 0 Å². The van der Waals surface area contributed by atoms with Crippen LogP contribution < -0.4 is 10.6 Å². The van der Waals surface area contributed by atoms with Crippen LogP contribution in [0.1, 0.15) is 28.5 Å². The van der Waals surface area contributed by atoms with Crippen LogP contribution in [0.15, 0.2) is 0 Å². The fourth-order valence-electron chi connectivity index (χ4n) is 2.75. The number of hydrogen-bond donors (Lipinski definition) is 1. The normalized spacial score (nSPS) is 15.6. The van der Waals surface area contributed by atoms with E-state index in [1.54, 1.807) is 25.7 Å². The molecule has 0 spiro atoms. The third-order valence-corrected chi connectivity index (χ3v) is 4.34. The van der Waals surface area contributed by atoms with E-state index in [1.807, 2.05) is 4.90 Å². The Morgan fingerprint density at radius 2 is 1.92 bits per heavy atom. The first-order valence-corrected chi connectivity index (χ1v) is 8.09. The average Bonchev–Trinajstić information content (AvgIpc) is 2.61. The minimum absolute atomic E-state index is 0.101. The molecule has 1 aromatic heterocycles. The van der Waals surface area contributed by atoms with Gasteiger partial charge < -0.3 is 20.3 Å². The Bertz CT molecular complexity index is 705. The predicted octanol–water partition coefficient (Wildman–Crippen LogP) is -0.121. The minimum atomic E-state index is -0.579. The summed E-state index contributed by atoms with van der Waals surface area (Å²) in [4.78, 5) is 27.8. The van der Waals surface area contributed by atoms with E-state index in [9.17, 15) is 9.59 Å². The van der Waals surface area contributed by atoms with Gasteiger partial charge in [0.1, 0.15) is 12.7 Å². The number of rotatable bonds is 5. The molecule has 0 saturated carbocycles. The van der Waals surface area contributed by atoms with Crippen LogP contribution in [0.4, 0.5) is 5.82 Å². The van der Waals surface area contributed by atoms with Crippen molar-refractivity contribution in [3.63, 3.8) is 0 Å². The summed E-state index contributed by atoms with van der Waals surface area (Å²) < 4.78 is 5.27. The Balaban J connectivity index is 2.08. The number of nitrogens with two attached hydrogens (primary N) is 1. The number of carbonyl (C=O) groups is 2. The van der Waals surface area contributed by atoms with Crippen molar-refractivity contribution in [1.82, 2.24) is 15.1 Å². The minimum Gasteiger partial charge on any atom is -0.365 e. The number of ether oxygens (including phenoxy) is 1. The number of hydrogen-bond acceptors (Lipinski definition) is 6. The number of primary amides is 1. The Morgan fingerprint density at radius 3 is 2.48 bits per heavy atom. The molecule has 1 aliphatic rings. The van der Waals surface area contributed by atoms with Gasteiger partial charge in [0.05, 0.1) is 11.3 Å². The van der Waals surface area contributed by atoms with Crippen LogP contribution in [0.3, 0.4) is 0 Å². The molecule has 134 valence electrons. The van der Waals surface area contributed by atoms with Crippen LogP contribution in [0.25, 0.3) is 0 Å². The van der Waals surface area contributed by atoms with E-state index < -0.39 is 12.0 Å². The van der Waals surface area contributed by atoms with E-state index >= 15 is 0 Å². The first kappa shape index (κ1) is 18.7. The smallest absolute Gasteiger partial charge is 0.252 e. The van der Waals surface area contributed by atoms with E-state index in [0.717, 1.165) is 5.56 Å². The number of amides is 2. The van der Waals surface area contributed by atoms with Gasteiger partial charge in [-0.25, -0.2) is 0 Å². The molecule has 1 aromatic rings. The molecule has 2 N–H and O–H groups in total. The highest BCUT2D eigenvalue weighted by atomic mass is 16.5. The maximum atomic E-state index is 12.3. The summed E-state index contributed by atoms with van der Waals surface area (Å²) in [5.41, 5.74) is 7.31. The van der Waals surface area contributed by atoms with Crippen molar-refractivity contribution in [2.45, 2.75) is 26.9 Å². The number of aromatic nitrogens is 2. The third kappa shape index (κ3) is 4.06. The van der Waals surface area contributed by atoms with Crippen molar-refractivity contribution < 1.29 is 14.3 Å². The first-order chi connectivity index (χ1) is 11.9. The van der Waals surface area contributed by atoms with E-state index in [2.05, 4.69) is 16.1 Å². The largest absolute Gasteiger partial charge is 0.365 e. The molecule has 2 rings (SSSR count). The summed E-state index contributed by atoms with van der Waals surface area (Å²) in [5.74, 6) is 2.19. The Labute approximate surface area is 147 Å². The third-order valence-electron chi connectivity index (χ3n) is 4.34. The number of piperazine rings is 1. The van der Waals surface area contributed by atoms with Gasteiger partial charge in [-0.1, -0.05) is 5.92 Å². The van der Waals surface area contributed by atoms with Gasteiger partial charge in [-0.05, 0) is 26.3 Å². The number of nitrogens with zero attached hydrogens (tertiary/aromatic N) is 4. The second-order valence-corrected chi connectivity index (χ2v) is 5.94. The molecule has 0 radical (unpaired) electrons. The molecule has 8 heteroatoms. The van der Waals surface area contributed by atoms with E-state index in [0.29, 0.717) is 43.3 Å². The summed E-state index contributed by atoms with van der Waals surface area (Å²) in [6, 6.07) is 0. The zero-order valence-electron chi connectivity index (χ0n) is 14.8. The summed E-state index contributed by atoms with van der Waals surface area (Å²) in [5, 5.41) is 8.25. The van der Waals surface area contributed by atoms with Crippen LogP contribution in [0.5, 0.6) is 0 Å². The summed E-state index contributed by atoms with van der Waals surface area (Å²) in [6.07, 6.45) is 4.56. The second-order valence-electron chi connectivity index (χ2n) is 5.94. The van der Waals surface area contributed by atoms with Gasteiger partial charge in [0, 0.05) is 26.2 Å². The molecule has 1 saturated heterocycles. The summed E-state index contributed by atoms with van der Waals surface area (Å²) >= 11 is 0. The van der Waals surface area contributed by atoms with Crippen molar-refractivity contribution in [3.8, 4) is 12.3 Å². The Kier molecular flexibility index (Phi) is 5.93. The van der Waals surface area contributed by atoms with Crippen molar-refractivity contribution in [2.75, 3.05) is 37.7 Å². The first-order valence-electron chi connectivity index (χ1n) is 8.09. The molecular weight excluding hydrogens is 322 g/mol. The molecule has 1 aliphatic heterocycles. The molecule has 1 atom stereocenters. The quantitative estimate of drug-likeness (QED) is 0.747. The topological polar surface area (TPSA) is 102 Å². The van der Waals surface area contributed by atoms with Gasteiger partial charge >= 0.3 is 0 Å². The molecular formula is C17H23N5O3. The number of terminal acetylenes is 1. The highest BCUT2D eigenvalue weighted by Gasteiger charge is 2.28. The Hall–Kier alpha value is -2.66. The number of aryl methyl sites for hydroxylation is 1. The fraction of sp³-hybridized carbons (Fsp3) is 0.529. The van der Waals surface area contributed by atoms with E-state index in [4.69, 9.17) is 16.9 Å². The zero-order valence-corrected chi connectivity index (χ0v) is 14.8. The Morgan fingerprint density at radius 1 is 1.28 bits per heavy atom. The molecule has 1 unspecified atom stereocenters. The lowest BCUT2D eigenvalue weighted by Gasteiger charge is -2.36. The van der Waals surface area contributed by atoms with Gasteiger partial charge in [-0.3, -0.25) is 9.59 Å². The zero-order chi connectivity index (χ0) is 18.6. The lowest BCUT2D eigenvalue weighted by Crippen LogP contribution is -2.52. The van der Waals surface area contributed by atoms with Gasteiger partial charge in [-0.2, -0.15) is 5.10 Å². The van der Waals surface area contributed by atoms with E-state index in [-0.39, 0.29) is 12.5 Å². The standard InChI is InChI=1S/C17H23N5O3/c1-5-10-25-13(4)17(24)22-8-6-21(7-9-22)16-14(15(18)23)11(2)12(3)19-20-16/h1,13H,6-10H2,2-4H3,(H2,18,23). The highest BCUT2D eigenvalue weighted by Crippen LogP contribution is 2.23. The average molecular weight is 345 g/mol. The maximum Gasteiger partial charge on any atom is 0.252 e. The molecule has 0 aromatic carbocycles. The molecule has 8 nitrogen and oxygen atoms in total. The van der Waals surface area contributed by atoms with Crippen LogP contribution >= 0.6 is 0 Å². The maximum absolute atomic E-state index is 12.3. The predicted molar refractivity (Wildman–Crippen MR) is 93.1 cm³/mol. The molecule has 0 bridgehead atoms. The van der Waals surface area contributed by atoms with Gasteiger partial charge in [0.25, 0.3) is 11.8 Å².